The van der Waals surface area contributed by atoms with Gasteiger partial charge in [0.1, 0.15) is 0 Å². The van der Waals surface area contributed by atoms with Crippen molar-refractivity contribution in [2.45, 2.75) is 53.5 Å². The highest BCUT2D eigenvalue weighted by Gasteiger charge is 2.25. The molecule has 19 heavy (non-hydrogen) atoms. The van der Waals surface area contributed by atoms with Gasteiger partial charge in [0.25, 0.3) is 0 Å². The van der Waals surface area contributed by atoms with Crippen molar-refractivity contribution in [1.82, 2.24) is 5.32 Å². The molecule has 0 spiro atoms. The van der Waals surface area contributed by atoms with Gasteiger partial charge in [-0.3, -0.25) is 9.59 Å². The van der Waals surface area contributed by atoms with Gasteiger partial charge in [0, 0.05) is 6.54 Å². The molecule has 0 aliphatic heterocycles. The topological polar surface area (TPSA) is 92.4 Å². The van der Waals surface area contributed by atoms with E-state index in [4.69, 9.17) is 10.8 Å². The first-order valence-corrected chi connectivity index (χ1v) is 6.79. The van der Waals surface area contributed by atoms with Crippen LogP contribution in [0, 0.1) is 17.3 Å². The van der Waals surface area contributed by atoms with Gasteiger partial charge in [-0.15, -0.1) is 0 Å². The monoisotopic (exact) mass is 272 g/mol. The fourth-order valence-electron chi connectivity index (χ4n) is 1.96. The van der Waals surface area contributed by atoms with Gasteiger partial charge in [0.05, 0.1) is 12.0 Å². The number of hydrogen-bond donors (Lipinski definition) is 3. The van der Waals surface area contributed by atoms with Crippen LogP contribution in [0.25, 0.3) is 0 Å². The van der Waals surface area contributed by atoms with Crippen LogP contribution in [0.4, 0.5) is 0 Å². The summed E-state index contributed by atoms with van der Waals surface area (Å²) in [6.07, 6.45) is 1.12. The standard InChI is InChI=1S/C14H28N2O3/c1-9(2)6-11(15)12(17)16-8-10(13(18)19)7-14(3,4)5/h9-11H,6-8,15H2,1-5H3,(H,16,17)(H,18,19)/t10?,11-/m0/s1. The molecule has 0 bridgehead atoms. The predicted molar refractivity (Wildman–Crippen MR) is 75.6 cm³/mol. The van der Waals surface area contributed by atoms with Crippen molar-refractivity contribution >= 4 is 11.9 Å². The van der Waals surface area contributed by atoms with E-state index in [0.29, 0.717) is 18.8 Å². The van der Waals surface area contributed by atoms with Crippen LogP contribution in [0.5, 0.6) is 0 Å². The van der Waals surface area contributed by atoms with E-state index in [-0.39, 0.29) is 17.9 Å². The average Bonchev–Trinajstić information content (AvgIpc) is 2.20. The summed E-state index contributed by atoms with van der Waals surface area (Å²) < 4.78 is 0. The van der Waals surface area contributed by atoms with E-state index in [0.717, 1.165) is 0 Å². The minimum atomic E-state index is -0.882. The zero-order valence-electron chi connectivity index (χ0n) is 12.7. The average molecular weight is 272 g/mol. The lowest BCUT2D eigenvalue weighted by molar-refractivity contribution is -0.142. The Labute approximate surface area is 115 Å². The number of carboxylic acid groups (broad SMARTS) is 1. The lowest BCUT2D eigenvalue weighted by atomic mass is 9.84. The minimum Gasteiger partial charge on any atom is -0.481 e. The molecule has 2 atom stereocenters. The van der Waals surface area contributed by atoms with Gasteiger partial charge in [0.2, 0.25) is 5.91 Å². The van der Waals surface area contributed by atoms with Gasteiger partial charge in [-0.1, -0.05) is 34.6 Å². The van der Waals surface area contributed by atoms with Gasteiger partial charge in [-0.2, -0.15) is 0 Å². The third kappa shape index (κ3) is 8.59. The van der Waals surface area contributed by atoms with Crippen molar-refractivity contribution in [2.24, 2.45) is 23.0 Å². The highest BCUT2D eigenvalue weighted by molar-refractivity contribution is 5.82. The molecule has 0 aromatic rings. The van der Waals surface area contributed by atoms with Gasteiger partial charge >= 0.3 is 5.97 Å². The van der Waals surface area contributed by atoms with Crippen LogP contribution in [-0.4, -0.2) is 29.6 Å². The number of nitrogens with two attached hydrogens (primary N) is 1. The van der Waals surface area contributed by atoms with Crippen molar-refractivity contribution in [1.29, 1.82) is 0 Å². The number of carbonyl (C=O) groups excluding carboxylic acids is 1. The van der Waals surface area contributed by atoms with Crippen molar-refractivity contribution < 1.29 is 14.7 Å². The van der Waals surface area contributed by atoms with E-state index in [9.17, 15) is 9.59 Å². The fourth-order valence-corrected chi connectivity index (χ4v) is 1.96. The smallest absolute Gasteiger partial charge is 0.308 e. The zero-order valence-corrected chi connectivity index (χ0v) is 12.7. The maximum Gasteiger partial charge on any atom is 0.308 e. The molecular weight excluding hydrogens is 244 g/mol. The molecular formula is C14H28N2O3. The molecule has 0 aromatic carbocycles. The molecule has 5 nitrogen and oxygen atoms in total. The molecule has 1 amide bonds. The van der Waals surface area contributed by atoms with Crippen LogP contribution in [0.1, 0.15) is 47.5 Å². The van der Waals surface area contributed by atoms with Crippen molar-refractivity contribution in [2.75, 3.05) is 6.54 Å². The van der Waals surface area contributed by atoms with Gasteiger partial charge < -0.3 is 16.2 Å². The second-order valence-corrected chi connectivity index (χ2v) is 6.78. The van der Waals surface area contributed by atoms with E-state index in [1.165, 1.54) is 0 Å². The predicted octanol–water partition coefficient (Wildman–Crippen LogP) is 1.61. The van der Waals surface area contributed by atoms with Gasteiger partial charge in [-0.05, 0) is 24.2 Å². The lowest BCUT2D eigenvalue weighted by Crippen LogP contribution is -2.44. The Morgan fingerprint density at radius 3 is 2.16 bits per heavy atom. The first kappa shape index (κ1) is 17.9. The normalized spacial score (nSPS) is 15.1. The molecule has 0 heterocycles. The van der Waals surface area contributed by atoms with Crippen LogP contribution in [-0.2, 0) is 9.59 Å². The van der Waals surface area contributed by atoms with E-state index in [2.05, 4.69) is 5.32 Å². The van der Waals surface area contributed by atoms with E-state index in [1.54, 1.807) is 0 Å². The molecule has 0 radical (unpaired) electrons. The maximum absolute atomic E-state index is 11.7. The zero-order chi connectivity index (χ0) is 15.2. The molecule has 0 saturated heterocycles. The second-order valence-electron chi connectivity index (χ2n) is 6.78. The van der Waals surface area contributed by atoms with Crippen molar-refractivity contribution in [3.63, 3.8) is 0 Å². The first-order chi connectivity index (χ1) is 8.53. The SMILES string of the molecule is CC(C)C[C@H](N)C(=O)NCC(CC(C)(C)C)C(=O)O. The van der Waals surface area contributed by atoms with Gasteiger partial charge in [0.15, 0.2) is 0 Å². The molecule has 0 aliphatic rings. The number of carbonyl (C=O) groups is 2. The summed E-state index contributed by atoms with van der Waals surface area (Å²) in [5.41, 5.74) is 5.66. The molecule has 1 unspecified atom stereocenters. The third-order valence-corrected chi connectivity index (χ3v) is 2.79. The molecule has 0 rings (SSSR count). The van der Waals surface area contributed by atoms with E-state index >= 15 is 0 Å². The second kappa shape index (κ2) is 7.48. The molecule has 5 heteroatoms. The van der Waals surface area contributed by atoms with Crippen molar-refractivity contribution in [3.8, 4) is 0 Å². The number of rotatable bonds is 7. The molecule has 0 saturated carbocycles. The summed E-state index contributed by atoms with van der Waals surface area (Å²) in [5, 5.41) is 11.8. The Morgan fingerprint density at radius 2 is 1.79 bits per heavy atom. The molecule has 0 aliphatic carbocycles. The summed E-state index contributed by atoms with van der Waals surface area (Å²) in [7, 11) is 0. The third-order valence-electron chi connectivity index (χ3n) is 2.79. The van der Waals surface area contributed by atoms with Crippen LogP contribution in [0.2, 0.25) is 0 Å². The summed E-state index contributed by atoms with van der Waals surface area (Å²) in [6.45, 7) is 10.1. The van der Waals surface area contributed by atoms with Crippen LogP contribution in [0.3, 0.4) is 0 Å². The molecule has 4 N–H and O–H groups in total. The number of hydrogen-bond acceptors (Lipinski definition) is 3. The minimum absolute atomic E-state index is 0.0895. The fraction of sp³-hybridized carbons (Fsp3) is 0.857. The highest BCUT2D eigenvalue weighted by Crippen LogP contribution is 2.24. The summed E-state index contributed by atoms with van der Waals surface area (Å²) >= 11 is 0. The quantitative estimate of drug-likeness (QED) is 0.656. The number of nitrogens with one attached hydrogen (secondary N) is 1. The Kier molecular flexibility index (Phi) is 7.05. The largest absolute Gasteiger partial charge is 0.481 e. The molecule has 0 aromatic heterocycles. The number of carboxylic acids is 1. The van der Waals surface area contributed by atoms with Crippen LogP contribution < -0.4 is 11.1 Å². The van der Waals surface area contributed by atoms with Gasteiger partial charge in [-0.25, -0.2) is 0 Å². The lowest BCUT2D eigenvalue weighted by Gasteiger charge is -2.24. The highest BCUT2D eigenvalue weighted by atomic mass is 16.4. The number of amides is 1. The Bertz CT molecular complexity index is 308. The Morgan fingerprint density at radius 1 is 1.26 bits per heavy atom. The molecule has 0 fully saturated rings. The number of aliphatic carboxylic acids is 1. The van der Waals surface area contributed by atoms with E-state index < -0.39 is 17.9 Å². The molecule has 112 valence electrons. The Balaban J connectivity index is 4.33. The summed E-state index contributed by atoms with van der Waals surface area (Å²) in [4.78, 5) is 22.9. The van der Waals surface area contributed by atoms with Crippen LogP contribution in [0.15, 0.2) is 0 Å². The summed E-state index contributed by atoms with van der Waals surface area (Å²) in [5.74, 6) is -1.39. The van der Waals surface area contributed by atoms with Crippen LogP contribution >= 0.6 is 0 Å². The van der Waals surface area contributed by atoms with E-state index in [1.807, 2.05) is 34.6 Å². The summed E-state index contributed by atoms with van der Waals surface area (Å²) in [6, 6.07) is -0.566. The Hall–Kier alpha value is -1.10. The van der Waals surface area contributed by atoms with Crippen molar-refractivity contribution in [3.05, 3.63) is 0 Å². The maximum atomic E-state index is 11.7. The first-order valence-electron chi connectivity index (χ1n) is 6.79.